The molecule has 1 saturated heterocycles. The van der Waals surface area contributed by atoms with E-state index >= 15 is 0 Å². The maximum Gasteiger partial charge on any atom is 0.501 e. The zero-order valence-electron chi connectivity index (χ0n) is 17.5. The van der Waals surface area contributed by atoms with Gasteiger partial charge in [-0.1, -0.05) is 12.1 Å². The summed E-state index contributed by atoms with van der Waals surface area (Å²) in [6.07, 6.45) is 1.76. The van der Waals surface area contributed by atoms with Gasteiger partial charge >= 0.3 is 11.5 Å². The zero-order chi connectivity index (χ0) is 24.2. The van der Waals surface area contributed by atoms with Crippen LogP contribution in [0.2, 0.25) is 0 Å². The van der Waals surface area contributed by atoms with Crippen LogP contribution in [0.4, 0.5) is 23.7 Å². The second-order valence-electron chi connectivity index (χ2n) is 8.01. The second kappa shape index (κ2) is 7.55. The lowest BCUT2D eigenvalue weighted by atomic mass is 9.91. The van der Waals surface area contributed by atoms with Gasteiger partial charge in [0.05, 0.1) is 16.1 Å². The molecule has 2 aromatic carbocycles. The van der Waals surface area contributed by atoms with Gasteiger partial charge in [0.15, 0.2) is 0 Å². The van der Waals surface area contributed by atoms with Gasteiger partial charge < -0.3 is 5.32 Å². The highest BCUT2D eigenvalue weighted by Crippen LogP contribution is 2.33. The topological polar surface area (TPSA) is 96.4 Å². The molecule has 3 amide bonds. The number of carbonyl (C=O) groups excluding carboxylic acids is 2. The molecule has 0 aliphatic carbocycles. The Hall–Kier alpha value is -3.47. The summed E-state index contributed by atoms with van der Waals surface area (Å²) in [6.45, 7) is 3.48. The first-order valence-corrected chi connectivity index (χ1v) is 11.2. The molecule has 33 heavy (non-hydrogen) atoms. The standard InChI is InChI=1S/C22H18F3N3O4S/c1-13-3-8-17-14(9-10-26-18(17)11-13)12-21(2)19(29)28(20(30)27-21)15-4-6-16(7-5-15)33(31,32)22(23,24)25/h3-11H,12H2,1-2H3,(H,27,30). The normalized spacial score (nSPS) is 19.2. The van der Waals surface area contributed by atoms with Crippen LogP contribution in [0, 0.1) is 6.92 Å². The van der Waals surface area contributed by atoms with Crippen molar-refractivity contribution in [2.24, 2.45) is 0 Å². The van der Waals surface area contributed by atoms with Crippen LogP contribution in [0.5, 0.6) is 0 Å². The van der Waals surface area contributed by atoms with Crippen LogP contribution in [-0.4, -0.2) is 36.4 Å². The van der Waals surface area contributed by atoms with Gasteiger partial charge in [0.25, 0.3) is 15.7 Å². The number of aromatic nitrogens is 1. The van der Waals surface area contributed by atoms with Gasteiger partial charge in [0.1, 0.15) is 5.54 Å². The molecule has 4 rings (SSSR count). The van der Waals surface area contributed by atoms with Crippen LogP contribution >= 0.6 is 0 Å². The van der Waals surface area contributed by atoms with Crippen molar-refractivity contribution >= 4 is 38.4 Å². The Labute approximate surface area is 187 Å². The van der Waals surface area contributed by atoms with Crippen molar-refractivity contribution in [3.63, 3.8) is 0 Å². The first kappa shape index (κ1) is 22.7. The molecular formula is C22H18F3N3O4S. The highest BCUT2D eigenvalue weighted by Gasteiger charge is 2.49. The molecule has 7 nitrogen and oxygen atoms in total. The van der Waals surface area contributed by atoms with Gasteiger partial charge in [-0.25, -0.2) is 18.1 Å². The molecule has 0 spiro atoms. The number of aryl methyl sites for hydroxylation is 1. The number of fused-ring (bicyclic) bond motifs is 1. The van der Waals surface area contributed by atoms with Crippen LogP contribution in [-0.2, 0) is 21.1 Å². The predicted molar refractivity (Wildman–Crippen MR) is 114 cm³/mol. The molecule has 3 aromatic rings. The number of nitrogens with one attached hydrogen (secondary N) is 1. The predicted octanol–water partition coefficient (Wildman–Crippen LogP) is 3.89. The third-order valence-electron chi connectivity index (χ3n) is 5.50. The molecule has 1 N–H and O–H groups in total. The number of sulfone groups is 1. The fourth-order valence-electron chi connectivity index (χ4n) is 3.80. The highest BCUT2D eigenvalue weighted by atomic mass is 32.2. The fourth-order valence-corrected chi connectivity index (χ4v) is 4.56. The summed E-state index contributed by atoms with van der Waals surface area (Å²) in [4.78, 5) is 30.0. The zero-order valence-corrected chi connectivity index (χ0v) is 18.3. The van der Waals surface area contributed by atoms with Crippen LogP contribution in [0.1, 0.15) is 18.1 Å². The maximum absolute atomic E-state index is 13.2. The van der Waals surface area contributed by atoms with Crippen molar-refractivity contribution in [3.05, 3.63) is 65.9 Å². The molecular weight excluding hydrogens is 459 g/mol. The van der Waals surface area contributed by atoms with Crippen molar-refractivity contribution < 1.29 is 31.2 Å². The van der Waals surface area contributed by atoms with Crippen LogP contribution in [0.25, 0.3) is 10.9 Å². The van der Waals surface area contributed by atoms with Crippen molar-refractivity contribution in [1.82, 2.24) is 10.3 Å². The fraction of sp³-hybridized carbons (Fsp3) is 0.227. The van der Waals surface area contributed by atoms with E-state index in [1.807, 2.05) is 25.1 Å². The number of anilines is 1. The van der Waals surface area contributed by atoms with E-state index in [1.54, 1.807) is 19.2 Å². The summed E-state index contributed by atoms with van der Waals surface area (Å²) >= 11 is 0. The third-order valence-corrected chi connectivity index (χ3v) is 7.01. The third kappa shape index (κ3) is 3.82. The molecule has 1 aliphatic rings. The Morgan fingerprint density at radius 3 is 2.36 bits per heavy atom. The number of pyridine rings is 1. The number of amides is 3. The quantitative estimate of drug-likeness (QED) is 0.575. The number of hydrogen-bond acceptors (Lipinski definition) is 5. The van der Waals surface area contributed by atoms with Crippen molar-refractivity contribution in [2.45, 2.75) is 36.2 Å². The van der Waals surface area contributed by atoms with Crippen molar-refractivity contribution in [2.75, 3.05) is 4.90 Å². The summed E-state index contributed by atoms with van der Waals surface area (Å²) in [5.74, 6) is -0.615. The number of urea groups is 1. The molecule has 1 fully saturated rings. The summed E-state index contributed by atoms with van der Waals surface area (Å²) in [7, 11) is -5.54. The lowest BCUT2D eigenvalue weighted by Gasteiger charge is -2.22. The average molecular weight is 477 g/mol. The molecule has 1 aromatic heterocycles. The molecule has 1 aliphatic heterocycles. The summed E-state index contributed by atoms with van der Waals surface area (Å²) in [5, 5.41) is 3.47. The number of halogens is 3. The van der Waals surface area contributed by atoms with E-state index < -0.39 is 37.7 Å². The van der Waals surface area contributed by atoms with E-state index in [1.165, 1.54) is 0 Å². The van der Waals surface area contributed by atoms with E-state index in [-0.39, 0.29) is 12.1 Å². The van der Waals surface area contributed by atoms with E-state index in [0.29, 0.717) is 12.1 Å². The number of nitrogens with zero attached hydrogens (tertiary/aromatic N) is 2. The number of carbonyl (C=O) groups is 2. The van der Waals surface area contributed by atoms with E-state index in [2.05, 4.69) is 10.3 Å². The summed E-state index contributed by atoms with van der Waals surface area (Å²) in [5.41, 5.74) is -4.29. The molecule has 1 atom stereocenters. The smallest absolute Gasteiger partial charge is 0.323 e. The minimum atomic E-state index is -5.54. The van der Waals surface area contributed by atoms with Gasteiger partial charge in [0, 0.05) is 18.0 Å². The van der Waals surface area contributed by atoms with Gasteiger partial charge in [0.2, 0.25) is 0 Å². The second-order valence-corrected chi connectivity index (χ2v) is 9.95. The van der Waals surface area contributed by atoms with Crippen LogP contribution in [0.15, 0.2) is 59.6 Å². The first-order valence-electron chi connectivity index (χ1n) is 9.76. The number of benzene rings is 2. The van der Waals surface area contributed by atoms with Crippen LogP contribution in [0.3, 0.4) is 0 Å². The van der Waals surface area contributed by atoms with Gasteiger partial charge in [-0.2, -0.15) is 13.2 Å². The molecule has 172 valence electrons. The Balaban J connectivity index is 1.64. The lowest BCUT2D eigenvalue weighted by molar-refractivity contribution is -0.121. The molecule has 11 heteroatoms. The first-order chi connectivity index (χ1) is 15.3. The van der Waals surface area contributed by atoms with Gasteiger partial charge in [-0.15, -0.1) is 0 Å². The monoisotopic (exact) mass is 477 g/mol. The number of alkyl halides is 3. The molecule has 0 radical (unpaired) electrons. The van der Waals surface area contributed by atoms with E-state index in [0.717, 1.165) is 39.1 Å². The minimum Gasteiger partial charge on any atom is -0.323 e. The Bertz CT molecular complexity index is 1390. The number of hydrogen-bond donors (Lipinski definition) is 1. The summed E-state index contributed by atoms with van der Waals surface area (Å²) < 4.78 is 61.4. The Morgan fingerprint density at radius 1 is 1.06 bits per heavy atom. The molecule has 0 bridgehead atoms. The van der Waals surface area contributed by atoms with E-state index in [4.69, 9.17) is 0 Å². The number of rotatable bonds is 4. The molecule has 2 heterocycles. The molecule has 1 unspecified atom stereocenters. The maximum atomic E-state index is 13.2. The van der Waals surface area contributed by atoms with Gasteiger partial charge in [-0.3, -0.25) is 9.78 Å². The lowest BCUT2D eigenvalue weighted by Crippen LogP contribution is -2.46. The Morgan fingerprint density at radius 2 is 1.73 bits per heavy atom. The average Bonchev–Trinajstić information content (AvgIpc) is 2.95. The van der Waals surface area contributed by atoms with E-state index in [9.17, 15) is 31.2 Å². The summed E-state index contributed by atoms with van der Waals surface area (Å²) in [6, 6.07) is 10.1. The molecule has 0 saturated carbocycles. The van der Waals surface area contributed by atoms with Crippen molar-refractivity contribution in [3.8, 4) is 0 Å². The largest absolute Gasteiger partial charge is 0.501 e. The Kier molecular flexibility index (Phi) is 5.19. The van der Waals surface area contributed by atoms with Gasteiger partial charge in [-0.05, 0) is 61.4 Å². The SMILES string of the molecule is Cc1ccc2c(CC3(C)NC(=O)N(c4ccc(S(=O)(=O)C(F)(F)F)cc4)C3=O)ccnc2c1. The highest BCUT2D eigenvalue weighted by molar-refractivity contribution is 7.92. The minimum absolute atomic E-state index is 0.0439. The van der Waals surface area contributed by atoms with Crippen LogP contribution < -0.4 is 10.2 Å². The number of imide groups is 1. The van der Waals surface area contributed by atoms with Crippen molar-refractivity contribution in [1.29, 1.82) is 0 Å².